The van der Waals surface area contributed by atoms with E-state index in [2.05, 4.69) is 0 Å². The van der Waals surface area contributed by atoms with E-state index < -0.39 is 16.0 Å². The minimum Gasteiger partial charge on any atom is -0.481 e. The van der Waals surface area contributed by atoms with Gasteiger partial charge in [0.2, 0.25) is 10.0 Å². The molecule has 0 aliphatic heterocycles. The summed E-state index contributed by atoms with van der Waals surface area (Å²) < 4.78 is 26.6. The molecule has 0 saturated heterocycles. The highest BCUT2D eigenvalue weighted by Gasteiger charge is 2.40. The Labute approximate surface area is 137 Å². The molecule has 0 amide bonds. The lowest BCUT2D eigenvalue weighted by Gasteiger charge is -2.22. The van der Waals surface area contributed by atoms with E-state index in [-0.39, 0.29) is 39.0 Å². The van der Waals surface area contributed by atoms with E-state index in [1.54, 1.807) is 0 Å². The van der Waals surface area contributed by atoms with Gasteiger partial charge in [0.25, 0.3) is 0 Å². The molecule has 1 aliphatic rings. The summed E-state index contributed by atoms with van der Waals surface area (Å²) in [4.78, 5) is 10.5. The molecule has 0 aromatic heterocycles. The van der Waals surface area contributed by atoms with Crippen molar-refractivity contribution in [2.24, 2.45) is 0 Å². The van der Waals surface area contributed by atoms with Crippen molar-refractivity contribution in [2.75, 3.05) is 6.54 Å². The summed E-state index contributed by atoms with van der Waals surface area (Å²) >= 11 is 17.7. The third-order valence-corrected chi connectivity index (χ3v) is 6.12. The number of hydrogen-bond donors (Lipinski definition) is 1. The van der Waals surface area contributed by atoms with Crippen molar-refractivity contribution in [1.29, 1.82) is 0 Å². The first kappa shape index (κ1) is 16.8. The van der Waals surface area contributed by atoms with Crippen LogP contribution in [0.25, 0.3) is 0 Å². The first-order chi connectivity index (χ1) is 9.73. The van der Waals surface area contributed by atoms with Gasteiger partial charge in [0.05, 0.1) is 16.5 Å². The smallest absolute Gasteiger partial charge is 0.304 e. The van der Waals surface area contributed by atoms with E-state index in [1.807, 2.05) is 0 Å². The second kappa shape index (κ2) is 6.30. The number of carboxylic acids is 1. The summed E-state index contributed by atoms with van der Waals surface area (Å²) in [6.07, 6.45) is 1.11. The number of aliphatic carboxylic acids is 1. The number of benzene rings is 1. The number of sulfonamides is 1. The largest absolute Gasteiger partial charge is 0.481 e. The molecule has 1 saturated carbocycles. The van der Waals surface area contributed by atoms with Gasteiger partial charge in [-0.15, -0.1) is 0 Å². The summed E-state index contributed by atoms with van der Waals surface area (Å²) in [5, 5.41) is 8.83. The van der Waals surface area contributed by atoms with Crippen molar-refractivity contribution in [3.8, 4) is 0 Å². The number of halogens is 3. The second-order valence-electron chi connectivity index (χ2n) is 4.69. The predicted octanol–water partition coefficient (Wildman–Crippen LogP) is 3.27. The van der Waals surface area contributed by atoms with E-state index in [0.717, 1.165) is 4.31 Å². The van der Waals surface area contributed by atoms with Gasteiger partial charge in [-0.3, -0.25) is 4.79 Å². The van der Waals surface area contributed by atoms with Crippen LogP contribution in [0.15, 0.2) is 17.0 Å². The second-order valence-corrected chi connectivity index (χ2v) is 7.77. The molecule has 21 heavy (non-hydrogen) atoms. The predicted molar refractivity (Wildman–Crippen MR) is 80.6 cm³/mol. The third-order valence-electron chi connectivity index (χ3n) is 3.03. The Morgan fingerprint density at radius 3 is 2.19 bits per heavy atom. The number of nitrogens with zero attached hydrogens (tertiary/aromatic N) is 1. The van der Waals surface area contributed by atoms with Crippen LogP contribution in [0.2, 0.25) is 15.1 Å². The molecule has 1 N–H and O–H groups in total. The lowest BCUT2D eigenvalue weighted by molar-refractivity contribution is -0.137. The van der Waals surface area contributed by atoms with E-state index >= 15 is 0 Å². The van der Waals surface area contributed by atoms with Gasteiger partial charge in [-0.05, 0) is 25.0 Å². The van der Waals surface area contributed by atoms with E-state index in [1.165, 1.54) is 12.1 Å². The molecular formula is C12H12Cl3NO4S. The van der Waals surface area contributed by atoms with Crippen LogP contribution in [0.4, 0.5) is 0 Å². The quantitative estimate of drug-likeness (QED) is 0.831. The van der Waals surface area contributed by atoms with Crippen LogP contribution in [-0.2, 0) is 14.8 Å². The molecule has 1 aromatic rings. The fourth-order valence-corrected chi connectivity index (χ4v) is 5.14. The Bertz CT molecular complexity index is 650. The normalized spacial score (nSPS) is 15.4. The Morgan fingerprint density at radius 1 is 1.24 bits per heavy atom. The van der Waals surface area contributed by atoms with E-state index in [0.29, 0.717) is 12.8 Å². The van der Waals surface area contributed by atoms with Crippen LogP contribution in [0.1, 0.15) is 19.3 Å². The summed E-state index contributed by atoms with van der Waals surface area (Å²) in [5.41, 5.74) is 0. The highest BCUT2D eigenvalue weighted by molar-refractivity contribution is 7.89. The average molecular weight is 373 g/mol. The van der Waals surface area contributed by atoms with Gasteiger partial charge in [-0.25, -0.2) is 8.42 Å². The van der Waals surface area contributed by atoms with Gasteiger partial charge >= 0.3 is 5.97 Å². The number of rotatable bonds is 6. The SMILES string of the molecule is O=C(O)CCN(C1CC1)S(=O)(=O)c1c(Cl)cc(Cl)cc1Cl. The Kier molecular flexibility index (Phi) is 5.05. The molecule has 0 radical (unpaired) electrons. The number of carboxylic acid groups (broad SMARTS) is 1. The highest BCUT2D eigenvalue weighted by atomic mass is 35.5. The van der Waals surface area contributed by atoms with Gasteiger partial charge in [-0.1, -0.05) is 34.8 Å². The van der Waals surface area contributed by atoms with Crippen LogP contribution in [-0.4, -0.2) is 36.4 Å². The minimum atomic E-state index is -3.96. The summed E-state index contributed by atoms with van der Waals surface area (Å²) in [7, 11) is -3.96. The fraction of sp³-hybridized carbons (Fsp3) is 0.417. The summed E-state index contributed by atoms with van der Waals surface area (Å²) in [5.74, 6) is -1.07. The average Bonchev–Trinajstić information content (AvgIpc) is 3.10. The number of carbonyl (C=O) groups is 1. The molecule has 2 rings (SSSR count). The fourth-order valence-electron chi connectivity index (χ4n) is 1.96. The molecule has 1 aromatic carbocycles. The van der Waals surface area contributed by atoms with E-state index in [4.69, 9.17) is 39.9 Å². The van der Waals surface area contributed by atoms with Crippen LogP contribution in [0.5, 0.6) is 0 Å². The molecule has 1 fully saturated rings. The van der Waals surface area contributed by atoms with Crippen molar-refractivity contribution >= 4 is 50.8 Å². The van der Waals surface area contributed by atoms with Crippen molar-refractivity contribution in [3.05, 3.63) is 27.2 Å². The first-order valence-electron chi connectivity index (χ1n) is 6.11. The van der Waals surface area contributed by atoms with Gasteiger partial charge in [-0.2, -0.15) is 4.31 Å². The topological polar surface area (TPSA) is 74.7 Å². The molecule has 0 bridgehead atoms. The molecule has 0 unspecified atom stereocenters. The molecule has 0 spiro atoms. The molecule has 5 nitrogen and oxygen atoms in total. The molecular weight excluding hydrogens is 361 g/mol. The molecule has 116 valence electrons. The van der Waals surface area contributed by atoms with Crippen molar-refractivity contribution in [3.63, 3.8) is 0 Å². The Hall–Kier alpha value is -0.530. The lowest BCUT2D eigenvalue weighted by Crippen LogP contribution is -2.35. The van der Waals surface area contributed by atoms with Gasteiger partial charge in [0, 0.05) is 17.6 Å². The van der Waals surface area contributed by atoms with Gasteiger partial charge in [0.1, 0.15) is 4.90 Å². The molecule has 0 atom stereocenters. The van der Waals surface area contributed by atoms with E-state index in [9.17, 15) is 13.2 Å². The third kappa shape index (κ3) is 3.81. The highest BCUT2D eigenvalue weighted by Crippen LogP contribution is 2.38. The maximum atomic E-state index is 12.7. The Balaban J connectivity index is 2.41. The standard InChI is InChI=1S/C12H12Cl3NO4S/c13-7-5-9(14)12(10(15)6-7)21(19,20)16(8-1-2-8)4-3-11(17)18/h5-6,8H,1-4H2,(H,17,18). The van der Waals surface area contributed by atoms with Crippen molar-refractivity contribution in [2.45, 2.75) is 30.2 Å². The minimum absolute atomic E-state index is 0.0755. The zero-order valence-corrected chi connectivity index (χ0v) is 13.8. The zero-order chi connectivity index (χ0) is 15.8. The van der Waals surface area contributed by atoms with Crippen molar-refractivity contribution in [1.82, 2.24) is 4.31 Å². The van der Waals surface area contributed by atoms with Gasteiger partial charge < -0.3 is 5.11 Å². The van der Waals surface area contributed by atoms with Crippen LogP contribution in [0, 0.1) is 0 Å². The zero-order valence-electron chi connectivity index (χ0n) is 10.7. The van der Waals surface area contributed by atoms with Crippen LogP contribution < -0.4 is 0 Å². The molecule has 1 aliphatic carbocycles. The van der Waals surface area contributed by atoms with Crippen LogP contribution in [0.3, 0.4) is 0 Å². The monoisotopic (exact) mass is 371 g/mol. The lowest BCUT2D eigenvalue weighted by atomic mass is 10.4. The first-order valence-corrected chi connectivity index (χ1v) is 8.69. The summed E-state index contributed by atoms with van der Waals surface area (Å²) in [6.45, 7) is -0.113. The van der Waals surface area contributed by atoms with Crippen LogP contribution >= 0.6 is 34.8 Å². The maximum absolute atomic E-state index is 12.7. The Morgan fingerprint density at radius 2 is 1.76 bits per heavy atom. The molecule has 9 heteroatoms. The molecule has 0 heterocycles. The number of hydrogen-bond acceptors (Lipinski definition) is 3. The maximum Gasteiger partial charge on any atom is 0.304 e. The summed E-state index contributed by atoms with van der Waals surface area (Å²) in [6, 6.07) is 2.39. The van der Waals surface area contributed by atoms with Gasteiger partial charge in [0.15, 0.2) is 0 Å². The van der Waals surface area contributed by atoms with Crippen molar-refractivity contribution < 1.29 is 18.3 Å².